The zero-order valence-electron chi connectivity index (χ0n) is 15.5. The summed E-state index contributed by atoms with van der Waals surface area (Å²) in [4.78, 5) is 0. The van der Waals surface area contributed by atoms with Gasteiger partial charge in [0.2, 0.25) is 0 Å². The van der Waals surface area contributed by atoms with Crippen LogP contribution in [0.15, 0.2) is 30.3 Å². The number of aromatic hydroxyl groups is 2. The third kappa shape index (κ3) is 4.74. The number of aliphatic hydroxyl groups is 1. The van der Waals surface area contributed by atoms with Gasteiger partial charge in [0.25, 0.3) is 0 Å². The largest absolute Gasteiger partial charge is 0.507 e. The third-order valence-corrected chi connectivity index (χ3v) is 4.80. The second kappa shape index (κ2) is 7.89. The van der Waals surface area contributed by atoms with Crippen LogP contribution < -0.4 is 0 Å². The maximum atomic E-state index is 10.6. The maximum absolute atomic E-state index is 10.6. The highest BCUT2D eigenvalue weighted by Crippen LogP contribution is 2.37. The molecule has 0 aliphatic rings. The zero-order chi connectivity index (χ0) is 18.6. The molecule has 2 aromatic rings. The van der Waals surface area contributed by atoms with Gasteiger partial charge in [-0.05, 0) is 62.8 Å². The van der Waals surface area contributed by atoms with Gasteiger partial charge in [-0.3, -0.25) is 0 Å². The Bertz CT molecular complexity index is 691. The molecule has 0 amide bonds. The van der Waals surface area contributed by atoms with E-state index in [1.165, 1.54) is 0 Å². The molecule has 0 bridgehead atoms. The first kappa shape index (κ1) is 19.3. The highest BCUT2D eigenvalue weighted by molar-refractivity contribution is 5.56. The van der Waals surface area contributed by atoms with E-state index in [9.17, 15) is 15.3 Å². The Labute approximate surface area is 149 Å². The number of hydrogen-bond donors (Lipinski definition) is 3. The highest BCUT2D eigenvalue weighted by atomic mass is 16.5. The number of rotatable bonds is 7. The standard InChI is InChI=1S/C21H28O4/c1-14-15(2)20(23)18(16(3)19(14)22)10-11-21(4,24)13-25-12-17-8-6-5-7-9-17/h5-9,22-24H,10-13H2,1-4H3/t21-/m1/s1. The van der Waals surface area contributed by atoms with E-state index >= 15 is 0 Å². The molecule has 136 valence electrons. The Morgan fingerprint density at radius 1 is 0.920 bits per heavy atom. The predicted octanol–water partition coefficient (Wildman–Crippen LogP) is 3.92. The molecule has 0 heterocycles. The van der Waals surface area contributed by atoms with Crippen LogP contribution in [0.25, 0.3) is 0 Å². The molecular weight excluding hydrogens is 316 g/mol. The Morgan fingerprint density at radius 3 is 2.16 bits per heavy atom. The van der Waals surface area contributed by atoms with Crippen LogP contribution in [-0.4, -0.2) is 27.5 Å². The molecule has 1 atom stereocenters. The molecule has 0 aromatic heterocycles. The van der Waals surface area contributed by atoms with E-state index in [0.717, 1.165) is 5.56 Å². The third-order valence-electron chi connectivity index (χ3n) is 4.80. The van der Waals surface area contributed by atoms with E-state index in [4.69, 9.17) is 4.74 Å². The van der Waals surface area contributed by atoms with Gasteiger partial charge < -0.3 is 20.1 Å². The van der Waals surface area contributed by atoms with Crippen molar-refractivity contribution in [3.63, 3.8) is 0 Å². The molecule has 0 unspecified atom stereocenters. The van der Waals surface area contributed by atoms with Crippen molar-refractivity contribution in [3.05, 3.63) is 58.1 Å². The Balaban J connectivity index is 1.98. The van der Waals surface area contributed by atoms with E-state index in [-0.39, 0.29) is 18.1 Å². The molecule has 0 aliphatic heterocycles. The van der Waals surface area contributed by atoms with Crippen LogP contribution in [0, 0.1) is 20.8 Å². The van der Waals surface area contributed by atoms with E-state index < -0.39 is 5.60 Å². The average Bonchev–Trinajstić information content (AvgIpc) is 2.59. The summed E-state index contributed by atoms with van der Waals surface area (Å²) in [6.07, 6.45) is 0.895. The number of phenols is 2. The van der Waals surface area contributed by atoms with Gasteiger partial charge in [-0.15, -0.1) is 0 Å². The summed E-state index contributed by atoms with van der Waals surface area (Å²) in [6.45, 7) is 7.75. The van der Waals surface area contributed by atoms with Crippen molar-refractivity contribution in [2.45, 2.75) is 52.7 Å². The van der Waals surface area contributed by atoms with Crippen LogP contribution >= 0.6 is 0 Å². The van der Waals surface area contributed by atoms with Gasteiger partial charge in [0.1, 0.15) is 11.5 Å². The number of benzene rings is 2. The van der Waals surface area contributed by atoms with Crippen molar-refractivity contribution < 1.29 is 20.1 Å². The van der Waals surface area contributed by atoms with Gasteiger partial charge in [-0.25, -0.2) is 0 Å². The first-order valence-corrected chi connectivity index (χ1v) is 8.57. The van der Waals surface area contributed by atoms with Crippen molar-refractivity contribution >= 4 is 0 Å². The van der Waals surface area contributed by atoms with Gasteiger partial charge >= 0.3 is 0 Å². The van der Waals surface area contributed by atoms with Crippen molar-refractivity contribution in [3.8, 4) is 11.5 Å². The molecule has 4 heteroatoms. The monoisotopic (exact) mass is 344 g/mol. The lowest BCUT2D eigenvalue weighted by molar-refractivity contribution is -0.0441. The summed E-state index contributed by atoms with van der Waals surface area (Å²) >= 11 is 0. The van der Waals surface area contributed by atoms with Crippen molar-refractivity contribution in [1.29, 1.82) is 0 Å². The van der Waals surface area contributed by atoms with Gasteiger partial charge in [0.15, 0.2) is 0 Å². The van der Waals surface area contributed by atoms with Gasteiger partial charge in [0.05, 0.1) is 18.8 Å². The minimum Gasteiger partial charge on any atom is -0.507 e. The normalized spacial score (nSPS) is 13.6. The fraction of sp³-hybridized carbons (Fsp3) is 0.429. The van der Waals surface area contributed by atoms with E-state index in [2.05, 4.69) is 0 Å². The van der Waals surface area contributed by atoms with E-state index in [0.29, 0.717) is 41.7 Å². The summed E-state index contributed by atoms with van der Waals surface area (Å²) in [5.41, 5.74) is 2.77. The van der Waals surface area contributed by atoms with Crippen LogP contribution in [0.4, 0.5) is 0 Å². The van der Waals surface area contributed by atoms with Gasteiger partial charge in [0, 0.05) is 5.56 Å². The van der Waals surface area contributed by atoms with Crippen molar-refractivity contribution in [2.75, 3.05) is 6.61 Å². The second-order valence-electron chi connectivity index (χ2n) is 7.03. The summed E-state index contributed by atoms with van der Waals surface area (Å²) in [7, 11) is 0. The molecular formula is C21H28O4. The molecule has 0 radical (unpaired) electrons. The number of hydrogen-bond acceptors (Lipinski definition) is 4. The minimum absolute atomic E-state index is 0.203. The zero-order valence-corrected chi connectivity index (χ0v) is 15.5. The van der Waals surface area contributed by atoms with Crippen LogP contribution in [0.1, 0.15) is 41.2 Å². The van der Waals surface area contributed by atoms with E-state index in [1.54, 1.807) is 27.7 Å². The Hall–Kier alpha value is -2.04. The maximum Gasteiger partial charge on any atom is 0.122 e. The summed E-state index contributed by atoms with van der Waals surface area (Å²) < 4.78 is 5.64. The first-order valence-electron chi connectivity index (χ1n) is 8.57. The summed E-state index contributed by atoms with van der Waals surface area (Å²) in [5, 5.41) is 31.1. The van der Waals surface area contributed by atoms with Crippen molar-refractivity contribution in [1.82, 2.24) is 0 Å². The molecule has 0 aliphatic carbocycles. The molecule has 2 aromatic carbocycles. The molecule has 4 nitrogen and oxygen atoms in total. The molecule has 0 spiro atoms. The van der Waals surface area contributed by atoms with Gasteiger partial charge in [-0.2, -0.15) is 0 Å². The Morgan fingerprint density at radius 2 is 1.52 bits per heavy atom. The lowest BCUT2D eigenvalue weighted by Crippen LogP contribution is -2.31. The summed E-state index contributed by atoms with van der Waals surface area (Å²) in [6, 6.07) is 9.82. The lowest BCUT2D eigenvalue weighted by Gasteiger charge is -2.24. The lowest BCUT2D eigenvalue weighted by atomic mass is 9.91. The fourth-order valence-electron chi connectivity index (χ4n) is 2.92. The quantitative estimate of drug-likeness (QED) is 0.666. The summed E-state index contributed by atoms with van der Waals surface area (Å²) in [5.74, 6) is 0.416. The van der Waals surface area contributed by atoms with Crippen LogP contribution in [0.3, 0.4) is 0 Å². The molecule has 3 N–H and O–H groups in total. The van der Waals surface area contributed by atoms with Crippen LogP contribution in [0.5, 0.6) is 11.5 Å². The smallest absolute Gasteiger partial charge is 0.122 e. The number of phenolic OH excluding ortho intramolecular Hbond substituents is 2. The molecule has 0 saturated heterocycles. The SMILES string of the molecule is Cc1c(C)c(O)c(CC[C@@](C)(O)COCc2ccccc2)c(C)c1O. The van der Waals surface area contributed by atoms with Crippen LogP contribution in [0.2, 0.25) is 0 Å². The van der Waals surface area contributed by atoms with Crippen LogP contribution in [-0.2, 0) is 17.8 Å². The fourth-order valence-corrected chi connectivity index (χ4v) is 2.92. The Kier molecular flexibility index (Phi) is 6.09. The van der Waals surface area contributed by atoms with Crippen molar-refractivity contribution in [2.24, 2.45) is 0 Å². The van der Waals surface area contributed by atoms with E-state index in [1.807, 2.05) is 30.3 Å². The molecule has 0 saturated carbocycles. The predicted molar refractivity (Wildman–Crippen MR) is 99.0 cm³/mol. The average molecular weight is 344 g/mol. The molecule has 25 heavy (non-hydrogen) atoms. The minimum atomic E-state index is -1.01. The number of ether oxygens (including phenoxy) is 1. The second-order valence-corrected chi connectivity index (χ2v) is 7.03. The topological polar surface area (TPSA) is 69.9 Å². The first-order chi connectivity index (χ1) is 11.7. The molecule has 2 rings (SSSR count). The van der Waals surface area contributed by atoms with Gasteiger partial charge in [-0.1, -0.05) is 30.3 Å². The molecule has 0 fully saturated rings. The highest BCUT2D eigenvalue weighted by Gasteiger charge is 2.23.